The van der Waals surface area contributed by atoms with Gasteiger partial charge in [-0.25, -0.2) is 0 Å². The van der Waals surface area contributed by atoms with Gasteiger partial charge in [-0.3, -0.25) is 4.79 Å². The first-order valence-corrected chi connectivity index (χ1v) is 12.4. The van der Waals surface area contributed by atoms with Crippen LogP contribution in [0.5, 0.6) is 0 Å². The molecule has 0 bridgehead atoms. The lowest BCUT2D eigenvalue weighted by Gasteiger charge is -2.32. The second-order valence-electron chi connectivity index (χ2n) is 6.72. The highest BCUT2D eigenvalue weighted by Gasteiger charge is 2.26. The van der Waals surface area contributed by atoms with E-state index in [4.69, 9.17) is 5.11 Å². The molecule has 4 unspecified atom stereocenters. The van der Waals surface area contributed by atoms with Gasteiger partial charge in [-0.15, -0.1) is 0 Å². The lowest BCUT2D eigenvalue weighted by molar-refractivity contribution is -0.124. The van der Waals surface area contributed by atoms with Gasteiger partial charge >= 0.3 is 0 Å². The summed E-state index contributed by atoms with van der Waals surface area (Å²) in [6, 6.07) is 0.733. The third kappa shape index (κ3) is 17.6. The minimum absolute atomic E-state index is 0.0824. The van der Waals surface area contributed by atoms with Crippen LogP contribution in [0.4, 0.5) is 0 Å². The Balaban J connectivity index is -0.000000621. The molecule has 27 heavy (non-hydrogen) atoms. The average Bonchev–Trinajstić information content (AvgIpc) is 2.71. The summed E-state index contributed by atoms with van der Waals surface area (Å²) in [6.07, 6.45) is 10.6. The third-order valence-corrected chi connectivity index (χ3v) is 5.28. The van der Waals surface area contributed by atoms with Crippen LogP contribution in [0.2, 0.25) is 0 Å². The molecular formula is C22H50N2O2S. The van der Waals surface area contributed by atoms with Gasteiger partial charge in [-0.05, 0) is 51.0 Å². The van der Waals surface area contributed by atoms with Gasteiger partial charge in [-0.1, -0.05) is 60.3 Å². The number of carbonyl (C=O) groups excluding carboxylic acids is 1. The highest BCUT2D eigenvalue weighted by atomic mass is 32.2. The molecule has 3 N–H and O–H groups in total. The molecule has 1 aliphatic carbocycles. The van der Waals surface area contributed by atoms with E-state index in [0.29, 0.717) is 18.0 Å². The normalized spacial score (nSPS) is 20.4. The molecule has 1 fully saturated rings. The summed E-state index contributed by atoms with van der Waals surface area (Å²) in [5.41, 5.74) is 0. The molecule has 1 rings (SSSR count). The summed E-state index contributed by atoms with van der Waals surface area (Å²) >= 11 is 1.86. The monoisotopic (exact) mass is 406 g/mol. The van der Waals surface area contributed by atoms with Crippen LogP contribution in [0.1, 0.15) is 93.4 Å². The third-order valence-electron chi connectivity index (χ3n) is 4.70. The summed E-state index contributed by atoms with van der Waals surface area (Å²) in [6.45, 7) is 14.7. The van der Waals surface area contributed by atoms with E-state index < -0.39 is 0 Å². The van der Waals surface area contributed by atoms with Crippen LogP contribution in [0, 0.1) is 5.92 Å². The van der Waals surface area contributed by atoms with Crippen molar-refractivity contribution in [3.05, 3.63) is 0 Å². The Morgan fingerprint density at radius 3 is 2.07 bits per heavy atom. The van der Waals surface area contributed by atoms with Crippen molar-refractivity contribution in [3.63, 3.8) is 0 Å². The minimum atomic E-state index is -0.0824. The maximum atomic E-state index is 12.2. The predicted molar refractivity (Wildman–Crippen MR) is 125 cm³/mol. The van der Waals surface area contributed by atoms with Crippen LogP contribution in [0.25, 0.3) is 0 Å². The number of aliphatic hydroxyl groups excluding tert-OH is 1. The molecular weight excluding hydrogens is 356 g/mol. The zero-order valence-corrected chi connectivity index (χ0v) is 20.5. The van der Waals surface area contributed by atoms with Gasteiger partial charge in [-0.2, -0.15) is 11.8 Å². The maximum Gasteiger partial charge on any atom is 0.237 e. The fourth-order valence-electron chi connectivity index (χ4n) is 3.21. The number of carbonyl (C=O) groups is 1. The molecule has 0 heterocycles. The lowest BCUT2D eigenvalue weighted by atomic mass is 9.83. The Kier molecular flexibility index (Phi) is 27.7. The van der Waals surface area contributed by atoms with Crippen LogP contribution in [0.15, 0.2) is 0 Å². The number of thioether (sulfide) groups is 1. The van der Waals surface area contributed by atoms with Crippen molar-refractivity contribution >= 4 is 17.7 Å². The first kappa shape index (κ1) is 31.4. The Bertz CT molecular complexity index is 302. The van der Waals surface area contributed by atoms with E-state index in [9.17, 15) is 4.79 Å². The SMILES string of the molecule is CC.CCCC(C)NC(C)C(=O)NC1CCCCC1CC.CCSC.CO. The highest BCUT2D eigenvalue weighted by Crippen LogP contribution is 2.26. The first-order chi connectivity index (χ1) is 13.0. The summed E-state index contributed by atoms with van der Waals surface area (Å²) in [5, 5.41) is 13.7. The molecule has 0 aromatic heterocycles. The fourth-order valence-corrected chi connectivity index (χ4v) is 3.21. The van der Waals surface area contributed by atoms with Gasteiger partial charge in [0, 0.05) is 19.2 Å². The van der Waals surface area contributed by atoms with Crippen molar-refractivity contribution in [2.24, 2.45) is 5.92 Å². The molecule has 0 aromatic rings. The zero-order valence-electron chi connectivity index (χ0n) is 19.7. The average molecular weight is 407 g/mol. The Morgan fingerprint density at radius 2 is 1.63 bits per heavy atom. The summed E-state index contributed by atoms with van der Waals surface area (Å²) < 4.78 is 0. The number of nitrogens with one attached hydrogen (secondary N) is 2. The van der Waals surface area contributed by atoms with E-state index in [2.05, 4.69) is 44.6 Å². The number of hydrogen-bond acceptors (Lipinski definition) is 4. The van der Waals surface area contributed by atoms with Gasteiger partial charge in [0.25, 0.3) is 0 Å². The van der Waals surface area contributed by atoms with Gasteiger partial charge in [0.2, 0.25) is 5.91 Å². The molecule has 5 heteroatoms. The van der Waals surface area contributed by atoms with Crippen LogP contribution < -0.4 is 10.6 Å². The second kappa shape index (κ2) is 23.8. The van der Waals surface area contributed by atoms with Crippen molar-refractivity contribution in [1.82, 2.24) is 10.6 Å². The quantitative estimate of drug-likeness (QED) is 0.516. The number of hydrogen-bond donors (Lipinski definition) is 3. The summed E-state index contributed by atoms with van der Waals surface area (Å²) in [5.74, 6) is 2.09. The van der Waals surface area contributed by atoms with E-state index >= 15 is 0 Å². The van der Waals surface area contributed by atoms with E-state index in [1.807, 2.05) is 32.5 Å². The Hall–Kier alpha value is -0.260. The van der Waals surface area contributed by atoms with E-state index in [-0.39, 0.29) is 11.9 Å². The van der Waals surface area contributed by atoms with Gasteiger partial charge in [0.05, 0.1) is 6.04 Å². The first-order valence-electron chi connectivity index (χ1n) is 11.0. The second-order valence-corrected chi connectivity index (χ2v) is 7.88. The van der Waals surface area contributed by atoms with E-state index in [0.717, 1.165) is 26.4 Å². The Morgan fingerprint density at radius 1 is 1.11 bits per heavy atom. The largest absolute Gasteiger partial charge is 0.400 e. The molecule has 1 amide bonds. The zero-order chi connectivity index (χ0) is 21.7. The molecule has 1 aliphatic rings. The van der Waals surface area contributed by atoms with E-state index in [1.165, 1.54) is 31.4 Å². The standard InChI is InChI=1S/C16H32N2O.C3H8S.C2H6.CH4O/c1-5-9-12(3)17-13(4)16(19)18-15-11-8-7-10-14(15)6-2;1-3-4-2;2*1-2/h12-15,17H,5-11H2,1-4H3,(H,18,19);3H2,1-2H3;1-2H3;2H,1H3. The van der Waals surface area contributed by atoms with Crippen molar-refractivity contribution in [3.8, 4) is 0 Å². The smallest absolute Gasteiger partial charge is 0.237 e. The summed E-state index contributed by atoms with van der Waals surface area (Å²) in [7, 11) is 1.00. The molecule has 4 nitrogen and oxygen atoms in total. The molecule has 0 aliphatic heterocycles. The molecule has 4 atom stereocenters. The maximum absolute atomic E-state index is 12.2. The van der Waals surface area contributed by atoms with Crippen molar-refractivity contribution < 1.29 is 9.90 Å². The number of amides is 1. The fraction of sp³-hybridized carbons (Fsp3) is 0.955. The topological polar surface area (TPSA) is 61.4 Å². The van der Waals surface area contributed by atoms with Crippen LogP contribution >= 0.6 is 11.8 Å². The molecule has 0 radical (unpaired) electrons. The van der Waals surface area contributed by atoms with E-state index in [1.54, 1.807) is 0 Å². The minimum Gasteiger partial charge on any atom is -0.400 e. The van der Waals surface area contributed by atoms with Gasteiger partial charge < -0.3 is 15.7 Å². The highest BCUT2D eigenvalue weighted by molar-refractivity contribution is 7.98. The molecule has 166 valence electrons. The van der Waals surface area contributed by atoms with Crippen molar-refractivity contribution in [2.45, 2.75) is 112 Å². The van der Waals surface area contributed by atoms with Crippen LogP contribution in [0.3, 0.4) is 0 Å². The van der Waals surface area contributed by atoms with Crippen LogP contribution in [-0.4, -0.2) is 48.3 Å². The molecule has 1 saturated carbocycles. The van der Waals surface area contributed by atoms with Crippen molar-refractivity contribution in [2.75, 3.05) is 19.1 Å². The van der Waals surface area contributed by atoms with Gasteiger partial charge in [0.1, 0.15) is 0 Å². The Labute approximate surface area is 175 Å². The molecule has 0 aromatic carbocycles. The van der Waals surface area contributed by atoms with Gasteiger partial charge in [0.15, 0.2) is 0 Å². The summed E-state index contributed by atoms with van der Waals surface area (Å²) in [4.78, 5) is 12.2. The molecule has 0 spiro atoms. The molecule has 0 saturated heterocycles. The predicted octanol–water partition coefficient (Wildman–Crippen LogP) is 5.24. The number of rotatable bonds is 8. The number of aliphatic hydroxyl groups is 1. The van der Waals surface area contributed by atoms with Crippen molar-refractivity contribution in [1.29, 1.82) is 0 Å². The van der Waals surface area contributed by atoms with Crippen LogP contribution in [-0.2, 0) is 4.79 Å². The lowest BCUT2D eigenvalue weighted by Crippen LogP contribution is -2.51.